The third-order valence-corrected chi connectivity index (χ3v) is 4.17. The van der Waals surface area contributed by atoms with E-state index in [0.717, 1.165) is 23.8 Å². The fourth-order valence-electron chi connectivity index (χ4n) is 3.32. The molecule has 0 aromatic carbocycles. The number of rotatable bonds is 1. The summed E-state index contributed by atoms with van der Waals surface area (Å²) in [7, 11) is 0. The van der Waals surface area contributed by atoms with Gasteiger partial charge >= 0.3 is 0 Å². The average molecular weight is 151 g/mol. The second-order valence-corrected chi connectivity index (χ2v) is 4.69. The molecular formula is C10H17N. The first kappa shape index (κ1) is 6.47. The maximum absolute atomic E-state index is 3.59. The summed E-state index contributed by atoms with van der Waals surface area (Å²) >= 11 is 0. The predicted octanol–water partition coefficient (Wildman–Crippen LogP) is 1.78. The van der Waals surface area contributed by atoms with E-state index in [1.807, 2.05) is 0 Å². The minimum atomic E-state index is 0.922. The molecule has 0 spiro atoms. The van der Waals surface area contributed by atoms with Gasteiger partial charge in [-0.15, -0.1) is 0 Å². The lowest BCUT2D eigenvalue weighted by Crippen LogP contribution is -2.35. The van der Waals surface area contributed by atoms with Gasteiger partial charge in [-0.3, -0.25) is 0 Å². The van der Waals surface area contributed by atoms with Gasteiger partial charge in [-0.1, -0.05) is 19.3 Å². The molecule has 0 aromatic heterocycles. The number of nitrogens with one attached hydrogen (secondary N) is 1. The van der Waals surface area contributed by atoms with Crippen LogP contribution in [-0.4, -0.2) is 12.6 Å². The van der Waals surface area contributed by atoms with Gasteiger partial charge < -0.3 is 5.32 Å². The molecule has 2 aliphatic carbocycles. The van der Waals surface area contributed by atoms with Gasteiger partial charge in [0.1, 0.15) is 0 Å². The van der Waals surface area contributed by atoms with E-state index in [1.54, 1.807) is 12.8 Å². The Kier molecular flexibility index (Phi) is 1.31. The zero-order valence-corrected chi connectivity index (χ0v) is 7.05. The van der Waals surface area contributed by atoms with E-state index < -0.39 is 0 Å². The minimum Gasteiger partial charge on any atom is -0.314 e. The molecule has 3 fully saturated rings. The average Bonchev–Trinajstić information content (AvgIpc) is 2.42. The summed E-state index contributed by atoms with van der Waals surface area (Å²) in [5, 5.41) is 3.59. The van der Waals surface area contributed by atoms with Gasteiger partial charge in [0, 0.05) is 6.04 Å². The highest BCUT2D eigenvalue weighted by molar-refractivity contribution is 4.98. The Morgan fingerprint density at radius 2 is 1.91 bits per heavy atom. The molecule has 1 saturated heterocycles. The van der Waals surface area contributed by atoms with Crippen LogP contribution in [0.5, 0.6) is 0 Å². The van der Waals surface area contributed by atoms with Gasteiger partial charge in [0.25, 0.3) is 0 Å². The first-order valence-corrected chi connectivity index (χ1v) is 5.17. The van der Waals surface area contributed by atoms with Crippen LogP contribution in [-0.2, 0) is 0 Å². The molecule has 2 bridgehead atoms. The second kappa shape index (κ2) is 2.22. The van der Waals surface area contributed by atoms with Crippen molar-refractivity contribution >= 4 is 0 Å². The molecule has 1 heteroatoms. The Bertz CT molecular complexity index is 162. The van der Waals surface area contributed by atoms with Crippen LogP contribution in [0, 0.1) is 17.8 Å². The SMILES string of the molecule is C1CC(C2CC3CC2CN3)C1. The smallest absolute Gasteiger partial charge is 0.00732 e. The second-order valence-electron chi connectivity index (χ2n) is 4.69. The highest BCUT2D eigenvalue weighted by atomic mass is 15.0. The largest absolute Gasteiger partial charge is 0.314 e. The topological polar surface area (TPSA) is 12.0 Å². The van der Waals surface area contributed by atoms with Crippen molar-refractivity contribution in [2.24, 2.45) is 17.8 Å². The molecule has 0 aromatic rings. The van der Waals surface area contributed by atoms with Crippen molar-refractivity contribution in [1.82, 2.24) is 5.32 Å². The number of fused-ring (bicyclic) bond motifs is 2. The Hall–Kier alpha value is -0.0400. The van der Waals surface area contributed by atoms with Crippen LogP contribution < -0.4 is 5.32 Å². The summed E-state index contributed by atoms with van der Waals surface area (Å²) in [5.74, 6) is 3.35. The van der Waals surface area contributed by atoms with Crippen LogP contribution in [0.15, 0.2) is 0 Å². The lowest BCUT2D eigenvalue weighted by molar-refractivity contribution is 0.153. The highest BCUT2D eigenvalue weighted by Crippen LogP contribution is 2.47. The third-order valence-electron chi connectivity index (χ3n) is 4.17. The quantitative estimate of drug-likeness (QED) is 0.602. The molecule has 1 heterocycles. The Morgan fingerprint density at radius 3 is 2.36 bits per heavy atom. The van der Waals surface area contributed by atoms with Crippen LogP contribution >= 0.6 is 0 Å². The van der Waals surface area contributed by atoms with Crippen LogP contribution in [0.2, 0.25) is 0 Å². The van der Waals surface area contributed by atoms with Crippen molar-refractivity contribution in [2.45, 2.75) is 38.1 Å². The van der Waals surface area contributed by atoms with Gasteiger partial charge in [0.2, 0.25) is 0 Å². The predicted molar refractivity (Wildman–Crippen MR) is 45.3 cm³/mol. The molecule has 0 amide bonds. The van der Waals surface area contributed by atoms with Crippen molar-refractivity contribution in [2.75, 3.05) is 6.54 Å². The van der Waals surface area contributed by atoms with E-state index in [2.05, 4.69) is 5.32 Å². The van der Waals surface area contributed by atoms with Crippen molar-refractivity contribution in [3.05, 3.63) is 0 Å². The van der Waals surface area contributed by atoms with Gasteiger partial charge in [0.15, 0.2) is 0 Å². The first-order chi connectivity index (χ1) is 5.43. The van der Waals surface area contributed by atoms with Crippen molar-refractivity contribution < 1.29 is 0 Å². The zero-order chi connectivity index (χ0) is 7.26. The van der Waals surface area contributed by atoms with Crippen molar-refractivity contribution in [3.63, 3.8) is 0 Å². The molecule has 1 nitrogen and oxygen atoms in total. The maximum atomic E-state index is 3.59. The third kappa shape index (κ3) is 0.868. The van der Waals surface area contributed by atoms with Crippen LogP contribution in [0.1, 0.15) is 32.1 Å². The number of hydrogen-bond donors (Lipinski definition) is 1. The molecule has 11 heavy (non-hydrogen) atoms. The molecule has 3 atom stereocenters. The highest BCUT2D eigenvalue weighted by Gasteiger charge is 2.44. The summed E-state index contributed by atoms with van der Waals surface area (Å²) < 4.78 is 0. The first-order valence-electron chi connectivity index (χ1n) is 5.17. The molecule has 3 unspecified atom stereocenters. The fourth-order valence-corrected chi connectivity index (χ4v) is 3.32. The number of piperidine rings is 1. The minimum absolute atomic E-state index is 0.922. The van der Waals surface area contributed by atoms with Crippen LogP contribution in [0.4, 0.5) is 0 Å². The summed E-state index contributed by atoms with van der Waals surface area (Å²) in [6.45, 7) is 1.34. The lowest BCUT2D eigenvalue weighted by Gasteiger charge is -2.36. The van der Waals surface area contributed by atoms with E-state index in [-0.39, 0.29) is 0 Å². The Morgan fingerprint density at radius 1 is 1.00 bits per heavy atom. The lowest BCUT2D eigenvalue weighted by atomic mass is 9.71. The van der Waals surface area contributed by atoms with Gasteiger partial charge in [0.05, 0.1) is 0 Å². The summed E-state index contributed by atoms with van der Waals surface area (Å²) in [5.41, 5.74) is 0. The van der Waals surface area contributed by atoms with E-state index in [4.69, 9.17) is 0 Å². The Labute approximate surface area is 68.6 Å². The summed E-state index contributed by atoms with van der Waals surface area (Å²) in [6.07, 6.45) is 7.63. The van der Waals surface area contributed by atoms with Gasteiger partial charge in [-0.2, -0.15) is 0 Å². The zero-order valence-electron chi connectivity index (χ0n) is 7.05. The maximum Gasteiger partial charge on any atom is 0.00732 e. The van der Waals surface area contributed by atoms with E-state index in [1.165, 1.54) is 25.8 Å². The van der Waals surface area contributed by atoms with E-state index >= 15 is 0 Å². The van der Waals surface area contributed by atoms with Gasteiger partial charge in [-0.25, -0.2) is 0 Å². The van der Waals surface area contributed by atoms with Crippen LogP contribution in [0.3, 0.4) is 0 Å². The number of hydrogen-bond acceptors (Lipinski definition) is 1. The normalized spacial score (nSPS) is 49.6. The summed E-state index contributed by atoms with van der Waals surface area (Å²) in [6, 6.07) is 0.922. The molecule has 1 aliphatic heterocycles. The molecule has 2 saturated carbocycles. The van der Waals surface area contributed by atoms with Crippen molar-refractivity contribution in [1.29, 1.82) is 0 Å². The Balaban J connectivity index is 1.70. The molecule has 62 valence electrons. The molecular weight excluding hydrogens is 134 g/mol. The molecule has 3 aliphatic rings. The van der Waals surface area contributed by atoms with Crippen molar-refractivity contribution in [3.8, 4) is 0 Å². The monoisotopic (exact) mass is 151 g/mol. The van der Waals surface area contributed by atoms with Gasteiger partial charge in [-0.05, 0) is 37.1 Å². The van der Waals surface area contributed by atoms with E-state index in [0.29, 0.717) is 0 Å². The standard InChI is InChI=1S/C10H17N/c1-2-7(3-1)10-5-9-4-8(10)6-11-9/h7-11H,1-6H2. The molecule has 1 N–H and O–H groups in total. The summed E-state index contributed by atoms with van der Waals surface area (Å²) in [4.78, 5) is 0. The van der Waals surface area contributed by atoms with E-state index in [9.17, 15) is 0 Å². The molecule has 0 radical (unpaired) electrons. The van der Waals surface area contributed by atoms with Crippen LogP contribution in [0.25, 0.3) is 0 Å². The fraction of sp³-hybridized carbons (Fsp3) is 1.00. The molecule has 3 rings (SSSR count).